The average Bonchev–Trinajstić information content (AvgIpc) is 3.37. The molecule has 0 aliphatic heterocycles. The Morgan fingerprint density at radius 2 is 2.10 bits per heavy atom. The summed E-state index contributed by atoms with van der Waals surface area (Å²) in [5.41, 5.74) is 9.42. The largest absolute Gasteiger partial charge is 0.359 e. The first-order chi connectivity index (χ1) is 15.1. The second-order valence-electron chi connectivity index (χ2n) is 7.23. The Labute approximate surface area is 178 Å². The number of aromatic nitrogens is 5. The van der Waals surface area contributed by atoms with Crippen molar-refractivity contribution in [3.8, 4) is 34.4 Å². The molecule has 5 rings (SSSR count). The molecule has 7 nitrogen and oxygen atoms in total. The average molecular weight is 416 g/mol. The van der Waals surface area contributed by atoms with Crippen LogP contribution >= 0.6 is 0 Å². The minimum absolute atomic E-state index is 0.123. The predicted molar refractivity (Wildman–Crippen MR) is 116 cm³/mol. The highest BCUT2D eigenvalue weighted by molar-refractivity contribution is 5.92. The van der Waals surface area contributed by atoms with Crippen molar-refractivity contribution in [3.63, 3.8) is 0 Å². The number of hydrogen-bond donors (Lipinski definition) is 3. The number of carbonyl (C=O) groups excluding carboxylic acids is 1. The van der Waals surface area contributed by atoms with Gasteiger partial charge in [0, 0.05) is 18.0 Å². The van der Waals surface area contributed by atoms with Gasteiger partial charge in [0.15, 0.2) is 5.65 Å². The molecule has 3 aromatic heterocycles. The lowest BCUT2D eigenvalue weighted by atomic mass is 9.79. The fourth-order valence-electron chi connectivity index (χ4n) is 3.54. The van der Waals surface area contributed by atoms with Gasteiger partial charge >= 0.3 is 0 Å². The Morgan fingerprint density at radius 1 is 1.26 bits per heavy atom. The third-order valence-electron chi connectivity index (χ3n) is 5.27. The van der Waals surface area contributed by atoms with Crippen molar-refractivity contribution in [2.24, 2.45) is 5.73 Å². The van der Waals surface area contributed by atoms with Gasteiger partial charge in [0.05, 0.1) is 17.3 Å². The Hall–Kier alpha value is -3.99. The molecule has 1 fully saturated rings. The molecule has 8 heteroatoms. The molecule has 4 aromatic rings. The number of H-pyrrole nitrogens is 2. The molecule has 31 heavy (non-hydrogen) atoms. The lowest BCUT2D eigenvalue weighted by Crippen LogP contribution is -2.10. The van der Waals surface area contributed by atoms with Crippen LogP contribution in [0.15, 0.2) is 42.9 Å². The van der Waals surface area contributed by atoms with Gasteiger partial charge < -0.3 is 10.7 Å². The summed E-state index contributed by atoms with van der Waals surface area (Å²) < 4.78 is 14.6. The summed E-state index contributed by atoms with van der Waals surface area (Å²) in [4.78, 5) is 21.8. The van der Waals surface area contributed by atoms with Crippen LogP contribution in [0.2, 0.25) is 0 Å². The van der Waals surface area contributed by atoms with Crippen molar-refractivity contribution in [1.82, 2.24) is 25.1 Å². The second kappa shape index (κ2) is 8.79. The van der Waals surface area contributed by atoms with Crippen LogP contribution in [-0.2, 0) is 4.79 Å². The molecule has 4 N–H and O–H groups in total. The highest BCUT2D eigenvalue weighted by Gasteiger charge is 2.23. The SMILES string of the molecule is CC#CC(N)=O.Fc1cc(-c2ccnc3nc(-c4cn[nH]c4)[nH]c23)ccc1C1CCC1. The zero-order valence-corrected chi connectivity index (χ0v) is 16.9. The molecule has 0 atom stereocenters. The first-order valence-electron chi connectivity index (χ1n) is 9.92. The zero-order chi connectivity index (χ0) is 21.8. The van der Waals surface area contributed by atoms with E-state index in [2.05, 4.69) is 42.7 Å². The number of rotatable bonds is 3. The van der Waals surface area contributed by atoms with Crippen molar-refractivity contribution in [1.29, 1.82) is 0 Å². The molecular weight excluding hydrogens is 395 g/mol. The van der Waals surface area contributed by atoms with E-state index >= 15 is 0 Å². The van der Waals surface area contributed by atoms with Crippen LogP contribution in [0.1, 0.15) is 37.7 Å². The highest BCUT2D eigenvalue weighted by atomic mass is 19.1. The topological polar surface area (TPSA) is 113 Å². The van der Waals surface area contributed by atoms with E-state index in [9.17, 15) is 9.18 Å². The molecule has 0 bridgehead atoms. The lowest BCUT2D eigenvalue weighted by molar-refractivity contribution is -0.112. The van der Waals surface area contributed by atoms with E-state index < -0.39 is 5.91 Å². The number of imidazole rings is 1. The summed E-state index contributed by atoms with van der Waals surface area (Å²) in [5, 5.41) is 6.72. The summed E-state index contributed by atoms with van der Waals surface area (Å²) in [6, 6.07) is 7.43. The van der Waals surface area contributed by atoms with Crippen molar-refractivity contribution in [2.75, 3.05) is 0 Å². The van der Waals surface area contributed by atoms with Gasteiger partial charge in [-0.15, -0.1) is 0 Å². The molecular formula is C23H21FN6O. The van der Waals surface area contributed by atoms with Gasteiger partial charge in [-0.2, -0.15) is 5.10 Å². The van der Waals surface area contributed by atoms with Gasteiger partial charge in [-0.05, 0) is 54.9 Å². The van der Waals surface area contributed by atoms with Crippen molar-refractivity contribution < 1.29 is 9.18 Å². The Bertz CT molecular complexity index is 1280. The maximum atomic E-state index is 14.6. The molecule has 0 spiro atoms. The summed E-state index contributed by atoms with van der Waals surface area (Å²) >= 11 is 0. The van der Waals surface area contributed by atoms with E-state index in [1.807, 2.05) is 18.2 Å². The van der Waals surface area contributed by atoms with E-state index in [4.69, 9.17) is 0 Å². The van der Waals surface area contributed by atoms with Gasteiger partial charge in [0.1, 0.15) is 11.6 Å². The number of halogens is 1. The Morgan fingerprint density at radius 3 is 2.68 bits per heavy atom. The molecule has 0 saturated heterocycles. The fraction of sp³-hybridized carbons (Fsp3) is 0.217. The smallest absolute Gasteiger partial charge is 0.293 e. The van der Waals surface area contributed by atoms with Crippen LogP contribution < -0.4 is 5.73 Å². The van der Waals surface area contributed by atoms with Crippen LogP contribution in [0.3, 0.4) is 0 Å². The quantitative estimate of drug-likeness (QED) is 0.439. The van der Waals surface area contributed by atoms with Gasteiger partial charge in [0.25, 0.3) is 5.91 Å². The van der Waals surface area contributed by atoms with Crippen LogP contribution in [0.4, 0.5) is 4.39 Å². The molecule has 1 aliphatic carbocycles. The number of primary amides is 1. The molecule has 1 aromatic carbocycles. The second-order valence-corrected chi connectivity index (χ2v) is 7.23. The van der Waals surface area contributed by atoms with Crippen molar-refractivity contribution >= 4 is 17.1 Å². The van der Waals surface area contributed by atoms with E-state index in [-0.39, 0.29) is 5.82 Å². The van der Waals surface area contributed by atoms with E-state index in [0.29, 0.717) is 17.4 Å². The number of hydrogen-bond acceptors (Lipinski definition) is 4. The highest BCUT2D eigenvalue weighted by Crippen LogP contribution is 2.39. The third kappa shape index (κ3) is 4.31. The van der Waals surface area contributed by atoms with Crippen molar-refractivity contribution in [2.45, 2.75) is 32.1 Å². The van der Waals surface area contributed by atoms with Crippen LogP contribution in [-0.4, -0.2) is 31.1 Å². The maximum Gasteiger partial charge on any atom is 0.293 e. The zero-order valence-electron chi connectivity index (χ0n) is 16.9. The monoisotopic (exact) mass is 416 g/mol. The number of nitrogens with zero attached hydrogens (tertiary/aromatic N) is 3. The number of nitrogens with one attached hydrogen (secondary N) is 2. The number of benzene rings is 1. The third-order valence-corrected chi connectivity index (χ3v) is 5.27. The van der Waals surface area contributed by atoms with Crippen molar-refractivity contribution in [3.05, 3.63) is 54.2 Å². The standard InChI is InChI=1S/C19H16FN5.C4H5NO/c20-16-8-12(4-5-14(16)11-2-1-3-11)15-6-7-21-19-17(15)24-18(25-19)13-9-22-23-10-13;1-2-3-4(5)6/h4-11H,1-3H2,(H,22,23)(H,21,24,25);1H3,(H2,5,6). The predicted octanol–water partition coefficient (Wildman–Crippen LogP) is 3.92. The molecule has 1 amide bonds. The molecule has 1 saturated carbocycles. The molecule has 3 heterocycles. The molecule has 156 valence electrons. The number of carbonyl (C=O) groups is 1. The number of pyridine rings is 1. The fourth-order valence-corrected chi connectivity index (χ4v) is 3.54. The van der Waals surface area contributed by atoms with Crippen LogP contribution in [0.5, 0.6) is 0 Å². The Kier molecular flexibility index (Phi) is 5.76. The summed E-state index contributed by atoms with van der Waals surface area (Å²) in [7, 11) is 0. The first kappa shape index (κ1) is 20.3. The number of aromatic amines is 2. The minimum atomic E-state index is -0.572. The molecule has 1 aliphatic rings. The Balaban J connectivity index is 0.000000342. The number of amides is 1. The van der Waals surface area contributed by atoms with E-state index in [1.165, 1.54) is 6.42 Å². The summed E-state index contributed by atoms with van der Waals surface area (Å²) in [6.45, 7) is 1.56. The normalized spacial score (nSPS) is 13.0. The molecule has 0 radical (unpaired) electrons. The summed E-state index contributed by atoms with van der Waals surface area (Å²) in [5.74, 6) is 4.82. The van der Waals surface area contributed by atoms with Gasteiger partial charge in [0.2, 0.25) is 0 Å². The van der Waals surface area contributed by atoms with Gasteiger partial charge in [-0.1, -0.05) is 24.5 Å². The van der Waals surface area contributed by atoms with E-state index in [1.54, 1.807) is 31.6 Å². The first-order valence-corrected chi connectivity index (χ1v) is 9.92. The number of nitrogens with two attached hydrogens (primary N) is 1. The molecule has 0 unspecified atom stereocenters. The van der Waals surface area contributed by atoms with Gasteiger partial charge in [-0.25, -0.2) is 14.4 Å². The minimum Gasteiger partial charge on any atom is -0.359 e. The maximum absolute atomic E-state index is 14.6. The van der Waals surface area contributed by atoms with Crippen LogP contribution in [0, 0.1) is 17.7 Å². The summed E-state index contributed by atoms with van der Waals surface area (Å²) in [6.07, 6.45) is 8.54. The number of fused-ring (bicyclic) bond motifs is 1. The van der Waals surface area contributed by atoms with Gasteiger partial charge in [-0.3, -0.25) is 9.89 Å². The van der Waals surface area contributed by atoms with Crippen LogP contribution in [0.25, 0.3) is 33.7 Å². The van der Waals surface area contributed by atoms with E-state index in [0.717, 1.165) is 40.6 Å². The lowest BCUT2D eigenvalue weighted by Gasteiger charge is -2.26.